The van der Waals surface area contributed by atoms with Crippen LogP contribution in [-0.4, -0.2) is 37.7 Å². The first-order valence-corrected chi connectivity index (χ1v) is 9.08. The Balaban J connectivity index is 1.99. The van der Waals surface area contributed by atoms with Gasteiger partial charge >= 0.3 is 0 Å². The number of likely N-dealkylation sites (tertiary alicyclic amines) is 1. The van der Waals surface area contributed by atoms with E-state index in [4.69, 9.17) is 15.2 Å². The van der Waals surface area contributed by atoms with E-state index in [0.717, 1.165) is 37.4 Å². The summed E-state index contributed by atoms with van der Waals surface area (Å²) >= 11 is 0. The average Bonchev–Trinajstić information content (AvgIpc) is 2.66. The molecule has 4 nitrogen and oxygen atoms in total. The third kappa shape index (κ3) is 4.14. The molecule has 1 fully saturated rings. The van der Waals surface area contributed by atoms with Crippen LogP contribution in [0.3, 0.4) is 0 Å². The maximum atomic E-state index is 6.12. The second-order valence-electron chi connectivity index (χ2n) is 6.52. The molecule has 2 N–H and O–H groups in total. The topological polar surface area (TPSA) is 47.7 Å². The smallest absolute Gasteiger partial charge is 0.124 e. The van der Waals surface area contributed by atoms with Gasteiger partial charge in [-0.2, -0.15) is 0 Å². The first-order chi connectivity index (χ1) is 12.2. The summed E-state index contributed by atoms with van der Waals surface area (Å²) in [7, 11) is 1.70. The number of benzene rings is 2. The number of nitrogens with zero attached hydrogens (tertiary/aromatic N) is 1. The number of hydrogen-bond acceptors (Lipinski definition) is 4. The third-order valence-electron chi connectivity index (χ3n) is 4.88. The number of hydrogen-bond donors (Lipinski definition) is 1. The molecule has 0 saturated carbocycles. The SMILES string of the molecule is CCOc1ccccc1C(c1ccc(OC)cc1)N1CCC(N)CC1. The number of methoxy groups -OCH3 is 1. The van der Waals surface area contributed by atoms with Crippen molar-refractivity contribution >= 4 is 0 Å². The van der Waals surface area contributed by atoms with Gasteiger partial charge in [-0.25, -0.2) is 0 Å². The van der Waals surface area contributed by atoms with E-state index in [1.54, 1.807) is 7.11 Å². The zero-order valence-corrected chi connectivity index (χ0v) is 15.2. The van der Waals surface area contributed by atoms with Crippen LogP contribution in [0.2, 0.25) is 0 Å². The van der Waals surface area contributed by atoms with Gasteiger partial charge in [0.2, 0.25) is 0 Å². The summed E-state index contributed by atoms with van der Waals surface area (Å²) in [5.74, 6) is 1.84. The third-order valence-corrected chi connectivity index (χ3v) is 4.88. The quantitative estimate of drug-likeness (QED) is 0.873. The van der Waals surface area contributed by atoms with E-state index in [9.17, 15) is 0 Å². The number of piperidine rings is 1. The van der Waals surface area contributed by atoms with Crippen LogP contribution in [0.25, 0.3) is 0 Å². The zero-order chi connectivity index (χ0) is 17.6. The molecule has 0 amide bonds. The highest BCUT2D eigenvalue weighted by molar-refractivity contribution is 5.43. The molecule has 0 radical (unpaired) electrons. The van der Waals surface area contributed by atoms with E-state index in [-0.39, 0.29) is 6.04 Å². The van der Waals surface area contributed by atoms with Gasteiger partial charge in [-0.05, 0) is 43.5 Å². The monoisotopic (exact) mass is 340 g/mol. The Hall–Kier alpha value is -2.04. The minimum atomic E-state index is 0.168. The summed E-state index contributed by atoms with van der Waals surface area (Å²) in [4.78, 5) is 2.52. The maximum Gasteiger partial charge on any atom is 0.124 e. The van der Waals surface area contributed by atoms with Crippen molar-refractivity contribution in [2.45, 2.75) is 31.8 Å². The van der Waals surface area contributed by atoms with Crippen molar-refractivity contribution in [2.24, 2.45) is 5.73 Å². The summed E-state index contributed by atoms with van der Waals surface area (Å²) < 4.78 is 11.2. The lowest BCUT2D eigenvalue weighted by Crippen LogP contribution is -2.42. The van der Waals surface area contributed by atoms with Gasteiger partial charge < -0.3 is 15.2 Å². The molecule has 0 aromatic heterocycles. The van der Waals surface area contributed by atoms with E-state index in [0.29, 0.717) is 12.6 Å². The van der Waals surface area contributed by atoms with Crippen molar-refractivity contribution in [1.82, 2.24) is 4.90 Å². The minimum absolute atomic E-state index is 0.168. The molecule has 0 bridgehead atoms. The van der Waals surface area contributed by atoms with Crippen molar-refractivity contribution in [3.8, 4) is 11.5 Å². The highest BCUT2D eigenvalue weighted by Gasteiger charge is 2.28. The normalized spacial score (nSPS) is 17.2. The molecule has 25 heavy (non-hydrogen) atoms. The fourth-order valence-corrected chi connectivity index (χ4v) is 3.54. The molecule has 1 aliphatic rings. The van der Waals surface area contributed by atoms with Crippen molar-refractivity contribution in [3.05, 3.63) is 59.7 Å². The minimum Gasteiger partial charge on any atom is -0.497 e. The van der Waals surface area contributed by atoms with Crippen molar-refractivity contribution < 1.29 is 9.47 Å². The molecule has 0 spiro atoms. The second kappa shape index (κ2) is 8.37. The molecule has 3 rings (SSSR count). The van der Waals surface area contributed by atoms with Crippen LogP contribution in [0.15, 0.2) is 48.5 Å². The second-order valence-corrected chi connectivity index (χ2v) is 6.52. The maximum absolute atomic E-state index is 6.12. The first-order valence-electron chi connectivity index (χ1n) is 9.08. The fourth-order valence-electron chi connectivity index (χ4n) is 3.54. The lowest BCUT2D eigenvalue weighted by atomic mass is 9.93. The Bertz CT molecular complexity index is 664. The molecule has 1 atom stereocenters. The van der Waals surface area contributed by atoms with Gasteiger partial charge in [0.05, 0.1) is 19.8 Å². The summed E-state index contributed by atoms with van der Waals surface area (Å²) in [6.45, 7) is 4.69. The number of para-hydroxylation sites is 1. The van der Waals surface area contributed by atoms with Gasteiger partial charge in [0.15, 0.2) is 0 Å². The number of rotatable bonds is 6. The molecular formula is C21H28N2O2. The van der Waals surface area contributed by atoms with Gasteiger partial charge in [0.25, 0.3) is 0 Å². The van der Waals surface area contributed by atoms with Gasteiger partial charge in [0, 0.05) is 24.7 Å². The Morgan fingerprint density at radius 1 is 1.08 bits per heavy atom. The average molecular weight is 340 g/mol. The van der Waals surface area contributed by atoms with Crippen molar-refractivity contribution in [3.63, 3.8) is 0 Å². The van der Waals surface area contributed by atoms with Gasteiger partial charge in [-0.3, -0.25) is 4.90 Å². The standard InChI is InChI=1S/C21H28N2O2/c1-3-25-20-7-5-4-6-19(20)21(23-14-12-17(22)13-15-23)16-8-10-18(24-2)11-9-16/h4-11,17,21H,3,12-15,22H2,1-2H3. The molecule has 1 heterocycles. The Morgan fingerprint density at radius 2 is 1.76 bits per heavy atom. The van der Waals surface area contributed by atoms with Crippen LogP contribution in [0.1, 0.15) is 36.9 Å². The molecule has 1 aliphatic heterocycles. The van der Waals surface area contributed by atoms with Crippen LogP contribution < -0.4 is 15.2 Å². The summed E-state index contributed by atoms with van der Waals surface area (Å²) in [6, 6.07) is 17.2. The summed E-state index contributed by atoms with van der Waals surface area (Å²) in [5, 5.41) is 0. The van der Waals surface area contributed by atoms with E-state index >= 15 is 0 Å². The molecule has 1 saturated heterocycles. The van der Waals surface area contributed by atoms with E-state index in [1.807, 2.05) is 25.1 Å². The largest absolute Gasteiger partial charge is 0.497 e. The molecule has 1 unspecified atom stereocenters. The Kier molecular flexibility index (Phi) is 5.95. The predicted molar refractivity (Wildman–Crippen MR) is 101 cm³/mol. The van der Waals surface area contributed by atoms with Crippen molar-refractivity contribution in [2.75, 3.05) is 26.8 Å². The van der Waals surface area contributed by atoms with Crippen LogP contribution >= 0.6 is 0 Å². The lowest BCUT2D eigenvalue weighted by Gasteiger charge is -2.37. The Labute approximate surface area is 150 Å². The van der Waals surface area contributed by atoms with Crippen molar-refractivity contribution in [1.29, 1.82) is 0 Å². The van der Waals surface area contributed by atoms with Gasteiger partial charge in [-0.1, -0.05) is 30.3 Å². The van der Waals surface area contributed by atoms with Gasteiger partial charge in [0.1, 0.15) is 11.5 Å². The molecule has 2 aromatic carbocycles. The van der Waals surface area contributed by atoms with Crippen LogP contribution in [0, 0.1) is 0 Å². The van der Waals surface area contributed by atoms with E-state index in [1.165, 1.54) is 11.1 Å². The molecule has 4 heteroatoms. The molecule has 134 valence electrons. The number of ether oxygens (including phenoxy) is 2. The predicted octanol–water partition coefficient (Wildman–Crippen LogP) is 3.61. The Morgan fingerprint density at radius 3 is 2.40 bits per heavy atom. The lowest BCUT2D eigenvalue weighted by molar-refractivity contribution is 0.171. The van der Waals surface area contributed by atoms with E-state index < -0.39 is 0 Å². The highest BCUT2D eigenvalue weighted by atomic mass is 16.5. The van der Waals surface area contributed by atoms with E-state index in [2.05, 4.69) is 35.2 Å². The molecule has 2 aromatic rings. The fraction of sp³-hybridized carbons (Fsp3) is 0.429. The zero-order valence-electron chi connectivity index (χ0n) is 15.2. The number of nitrogens with two attached hydrogens (primary N) is 1. The molecule has 0 aliphatic carbocycles. The highest BCUT2D eigenvalue weighted by Crippen LogP contribution is 2.36. The first kappa shape index (κ1) is 17.8. The van der Waals surface area contributed by atoms with Gasteiger partial charge in [-0.15, -0.1) is 0 Å². The van der Waals surface area contributed by atoms with Crippen LogP contribution in [0.4, 0.5) is 0 Å². The summed E-state index contributed by atoms with van der Waals surface area (Å²) in [5.41, 5.74) is 8.59. The van der Waals surface area contributed by atoms with Crippen LogP contribution in [0.5, 0.6) is 11.5 Å². The molecular weight excluding hydrogens is 312 g/mol. The summed E-state index contributed by atoms with van der Waals surface area (Å²) in [6.07, 6.45) is 2.06. The van der Waals surface area contributed by atoms with Crippen LogP contribution in [-0.2, 0) is 0 Å².